The van der Waals surface area contributed by atoms with Gasteiger partial charge in [-0.3, -0.25) is 4.55 Å². The number of nitrogens with zero attached hydrogens (tertiary/aromatic N) is 1. The zero-order chi connectivity index (χ0) is 7.91. The number of hydrogen-bond donors (Lipinski definition) is 1. The summed E-state index contributed by atoms with van der Waals surface area (Å²) in [6.07, 6.45) is 0.471. The van der Waals surface area contributed by atoms with Crippen LogP contribution in [0.4, 0.5) is 0 Å². The maximum atomic E-state index is 9.79. The normalized spacial score (nSPS) is 8.40. The van der Waals surface area contributed by atoms with Gasteiger partial charge >= 0.3 is 29.6 Å². The van der Waals surface area contributed by atoms with Crippen molar-refractivity contribution in [3.05, 3.63) is 6.57 Å². The van der Waals surface area contributed by atoms with Gasteiger partial charge in [0.1, 0.15) is 0 Å². The molecule has 10 heavy (non-hydrogen) atoms. The van der Waals surface area contributed by atoms with Crippen LogP contribution >= 0.6 is 0 Å². The van der Waals surface area contributed by atoms with Gasteiger partial charge in [-0.15, -0.1) is 0 Å². The van der Waals surface area contributed by atoms with Crippen LogP contribution in [0, 0.1) is 11.8 Å². The second-order valence-corrected chi connectivity index (χ2v) is 2.86. The Hall–Kier alpha value is 0.400. The standard InChI is InChI=1S/C3H8O3S.CN.Na/c1-2-3-7(4,5)6;1-2;/h2-3H2,1H3,(H,4,5,6);;/q;-1;+1. The molecule has 0 fully saturated rings. The fourth-order valence-corrected chi connectivity index (χ4v) is 0.774. The van der Waals surface area contributed by atoms with Gasteiger partial charge < -0.3 is 11.8 Å². The van der Waals surface area contributed by atoms with Crippen molar-refractivity contribution in [3.63, 3.8) is 0 Å². The van der Waals surface area contributed by atoms with Crippen LogP contribution in [0.2, 0.25) is 0 Å². The van der Waals surface area contributed by atoms with Crippen LogP contribution in [0.1, 0.15) is 13.3 Å². The van der Waals surface area contributed by atoms with Gasteiger partial charge in [-0.2, -0.15) is 8.42 Å². The summed E-state index contributed by atoms with van der Waals surface area (Å²) < 4.78 is 27.6. The third kappa shape index (κ3) is 23.8. The van der Waals surface area contributed by atoms with Gasteiger partial charge in [-0.1, -0.05) is 6.92 Å². The summed E-state index contributed by atoms with van der Waals surface area (Å²) >= 11 is 0. The first kappa shape index (κ1) is 16.8. The average molecular weight is 173 g/mol. The minimum atomic E-state index is -3.67. The van der Waals surface area contributed by atoms with Crippen molar-refractivity contribution in [1.82, 2.24) is 0 Å². The van der Waals surface area contributed by atoms with Crippen molar-refractivity contribution < 1.29 is 42.5 Å². The van der Waals surface area contributed by atoms with Crippen molar-refractivity contribution in [2.24, 2.45) is 0 Å². The van der Waals surface area contributed by atoms with Gasteiger partial charge in [0.25, 0.3) is 10.1 Å². The Morgan fingerprint density at radius 1 is 1.50 bits per heavy atom. The molecule has 0 aliphatic heterocycles. The summed E-state index contributed by atoms with van der Waals surface area (Å²) in [6, 6.07) is 0. The molecule has 0 aliphatic carbocycles. The van der Waals surface area contributed by atoms with E-state index in [9.17, 15) is 8.42 Å². The molecule has 1 N–H and O–H groups in total. The average Bonchev–Trinajstić information content (AvgIpc) is 1.69. The van der Waals surface area contributed by atoms with E-state index in [1.54, 1.807) is 6.92 Å². The van der Waals surface area contributed by atoms with E-state index in [0.29, 0.717) is 6.42 Å². The summed E-state index contributed by atoms with van der Waals surface area (Å²) in [7, 11) is -3.67. The van der Waals surface area contributed by atoms with E-state index in [4.69, 9.17) is 16.4 Å². The molecule has 0 saturated carbocycles. The molecule has 0 aromatic heterocycles. The van der Waals surface area contributed by atoms with Gasteiger partial charge in [0.15, 0.2) is 0 Å². The van der Waals surface area contributed by atoms with E-state index >= 15 is 0 Å². The Labute approximate surface area is 83.3 Å². The van der Waals surface area contributed by atoms with Crippen LogP contribution in [0.25, 0.3) is 0 Å². The Morgan fingerprint density at radius 3 is 1.80 bits per heavy atom. The van der Waals surface area contributed by atoms with Crippen LogP contribution < -0.4 is 29.6 Å². The second-order valence-electron chi connectivity index (χ2n) is 1.29. The summed E-state index contributed by atoms with van der Waals surface area (Å²) in [6.45, 7) is 6.44. The first-order valence-corrected chi connectivity index (χ1v) is 3.84. The van der Waals surface area contributed by atoms with Gasteiger partial charge in [0, 0.05) is 0 Å². The smallest absolute Gasteiger partial charge is 0.512 e. The van der Waals surface area contributed by atoms with Crippen molar-refractivity contribution in [3.8, 4) is 0 Å². The van der Waals surface area contributed by atoms with Crippen molar-refractivity contribution in [1.29, 1.82) is 5.26 Å². The Balaban J connectivity index is -0.000000149. The maximum Gasteiger partial charge on any atom is 1.00 e. The molecule has 6 heteroatoms. The Bertz CT molecular complexity index is 163. The van der Waals surface area contributed by atoms with Crippen molar-refractivity contribution in [2.75, 3.05) is 5.75 Å². The summed E-state index contributed by atoms with van der Waals surface area (Å²) in [5, 5.41) is 6.25. The zero-order valence-corrected chi connectivity index (χ0v) is 8.85. The van der Waals surface area contributed by atoms with E-state index in [0.717, 1.165) is 0 Å². The molecule has 0 bridgehead atoms. The second kappa shape index (κ2) is 9.40. The van der Waals surface area contributed by atoms with Gasteiger partial charge in [0.05, 0.1) is 5.75 Å². The van der Waals surface area contributed by atoms with Crippen LogP contribution in [-0.2, 0) is 10.1 Å². The van der Waals surface area contributed by atoms with Gasteiger partial charge in [0.2, 0.25) is 0 Å². The van der Waals surface area contributed by atoms with E-state index in [2.05, 4.69) is 0 Å². The maximum absolute atomic E-state index is 9.79. The molecule has 0 heterocycles. The van der Waals surface area contributed by atoms with E-state index in [-0.39, 0.29) is 35.3 Å². The fourth-order valence-electron chi connectivity index (χ4n) is 0.258. The quantitative estimate of drug-likeness (QED) is 0.282. The molecule has 4 nitrogen and oxygen atoms in total. The molecule has 0 saturated heterocycles. The first-order valence-electron chi connectivity index (χ1n) is 2.24. The minimum absolute atomic E-state index is 0. The molecule has 54 valence electrons. The van der Waals surface area contributed by atoms with E-state index < -0.39 is 10.1 Å². The molecule has 0 aromatic rings. The molecular formula is C4H8NNaO3S. The number of rotatable bonds is 2. The third-order valence-corrected chi connectivity index (χ3v) is 1.39. The predicted octanol–water partition coefficient (Wildman–Crippen LogP) is -2.62. The van der Waals surface area contributed by atoms with Crippen LogP contribution in [0.3, 0.4) is 0 Å². The molecular weight excluding hydrogens is 165 g/mol. The van der Waals surface area contributed by atoms with Gasteiger partial charge in [-0.05, 0) is 6.42 Å². The Morgan fingerprint density at radius 2 is 1.80 bits per heavy atom. The largest absolute Gasteiger partial charge is 1.00 e. The minimum Gasteiger partial charge on any atom is -0.512 e. The zero-order valence-electron chi connectivity index (χ0n) is 6.03. The molecule has 0 atom stereocenters. The van der Waals surface area contributed by atoms with Crippen molar-refractivity contribution in [2.45, 2.75) is 13.3 Å². The van der Waals surface area contributed by atoms with Crippen LogP contribution in [0.5, 0.6) is 0 Å². The fraction of sp³-hybridized carbons (Fsp3) is 0.750. The molecule has 0 spiro atoms. The summed E-state index contributed by atoms with van der Waals surface area (Å²) in [5.74, 6) is -0.132. The van der Waals surface area contributed by atoms with Crippen molar-refractivity contribution >= 4 is 10.1 Å². The molecule has 0 aliphatic rings. The molecule has 0 unspecified atom stereocenters. The molecule has 0 amide bonds. The van der Waals surface area contributed by atoms with Crippen LogP contribution in [-0.4, -0.2) is 18.7 Å². The Kier molecular flexibility index (Phi) is 15.8. The summed E-state index contributed by atoms with van der Waals surface area (Å²) in [4.78, 5) is 0. The summed E-state index contributed by atoms with van der Waals surface area (Å²) in [5.41, 5.74) is 0. The number of hydrogen-bond acceptors (Lipinski definition) is 3. The first-order chi connectivity index (χ1) is 4.06. The SMILES string of the molecule is CCCS(=O)(=O)O.[C-]#N.[Na+]. The van der Waals surface area contributed by atoms with Crippen LogP contribution in [0.15, 0.2) is 0 Å². The predicted molar refractivity (Wildman–Crippen MR) is 31.7 cm³/mol. The molecule has 0 rings (SSSR count). The monoisotopic (exact) mass is 173 g/mol. The topological polar surface area (TPSA) is 78.2 Å². The van der Waals surface area contributed by atoms with E-state index in [1.165, 1.54) is 0 Å². The van der Waals surface area contributed by atoms with E-state index in [1.807, 2.05) is 0 Å². The molecule has 0 aromatic carbocycles. The molecule has 0 radical (unpaired) electrons. The third-order valence-electron chi connectivity index (χ3n) is 0.462. The van der Waals surface area contributed by atoms with Gasteiger partial charge in [-0.25, -0.2) is 0 Å².